The zero-order valence-electron chi connectivity index (χ0n) is 8.54. The number of hydrogen-bond donors (Lipinski definition) is 1. The summed E-state index contributed by atoms with van der Waals surface area (Å²) in [5.41, 5.74) is 8.40. The average molecular weight is 210 g/mol. The van der Waals surface area contributed by atoms with Gasteiger partial charge in [0.15, 0.2) is 0 Å². The molecule has 4 nitrogen and oxygen atoms in total. The number of benzene rings is 1. The van der Waals surface area contributed by atoms with Crippen LogP contribution in [0.4, 0.5) is 5.69 Å². The Kier molecular flexibility index (Phi) is 1.86. The van der Waals surface area contributed by atoms with E-state index in [1.54, 1.807) is 12.5 Å². The molecule has 0 unspecified atom stereocenters. The summed E-state index contributed by atoms with van der Waals surface area (Å²) in [6.45, 7) is 0. The van der Waals surface area contributed by atoms with E-state index in [4.69, 9.17) is 5.73 Å². The first-order valence-electron chi connectivity index (χ1n) is 4.97. The van der Waals surface area contributed by atoms with Gasteiger partial charge in [-0.15, -0.1) is 0 Å². The van der Waals surface area contributed by atoms with E-state index in [9.17, 15) is 0 Å². The van der Waals surface area contributed by atoms with Gasteiger partial charge in [0.05, 0.1) is 0 Å². The van der Waals surface area contributed by atoms with Gasteiger partial charge in [-0.3, -0.25) is 0 Å². The molecule has 2 N–H and O–H groups in total. The molecule has 0 radical (unpaired) electrons. The second kappa shape index (κ2) is 3.34. The molecule has 0 saturated heterocycles. The van der Waals surface area contributed by atoms with Crippen LogP contribution in [-0.4, -0.2) is 14.5 Å². The second-order valence-corrected chi connectivity index (χ2v) is 3.58. The van der Waals surface area contributed by atoms with Crippen LogP contribution in [0.5, 0.6) is 0 Å². The lowest BCUT2D eigenvalue weighted by atomic mass is 10.3. The van der Waals surface area contributed by atoms with Crippen molar-refractivity contribution < 1.29 is 0 Å². The van der Waals surface area contributed by atoms with Gasteiger partial charge in [0.25, 0.3) is 0 Å². The summed E-state index contributed by atoms with van der Waals surface area (Å²) in [5, 5.41) is 1.02. The zero-order valence-corrected chi connectivity index (χ0v) is 8.54. The van der Waals surface area contributed by atoms with E-state index in [-0.39, 0.29) is 0 Å². The molecule has 2 aromatic heterocycles. The molecular formula is C12H10N4. The predicted molar refractivity (Wildman–Crippen MR) is 63.3 cm³/mol. The lowest BCUT2D eigenvalue weighted by Crippen LogP contribution is -1.95. The molecule has 0 aliphatic carbocycles. The Morgan fingerprint density at radius 2 is 2.12 bits per heavy atom. The normalized spacial score (nSPS) is 10.8. The molecule has 0 saturated carbocycles. The summed E-state index contributed by atoms with van der Waals surface area (Å²) in [6, 6.07) is 9.69. The van der Waals surface area contributed by atoms with Crippen molar-refractivity contribution in [1.29, 1.82) is 0 Å². The zero-order chi connectivity index (χ0) is 11.0. The van der Waals surface area contributed by atoms with Gasteiger partial charge in [-0.2, -0.15) is 0 Å². The van der Waals surface area contributed by atoms with E-state index in [1.807, 2.05) is 41.1 Å². The van der Waals surface area contributed by atoms with E-state index in [0.717, 1.165) is 22.4 Å². The third-order valence-corrected chi connectivity index (χ3v) is 2.50. The highest BCUT2D eigenvalue weighted by atomic mass is 15.0. The molecule has 0 atom stereocenters. The average Bonchev–Trinajstić information content (AvgIpc) is 2.72. The quantitative estimate of drug-likeness (QED) is 0.625. The number of hydrogen-bond acceptors (Lipinski definition) is 3. The summed E-state index contributed by atoms with van der Waals surface area (Å²) in [5.74, 6) is 0. The summed E-state index contributed by atoms with van der Waals surface area (Å²) >= 11 is 0. The highest BCUT2D eigenvalue weighted by molar-refractivity contribution is 5.77. The van der Waals surface area contributed by atoms with Gasteiger partial charge in [-0.1, -0.05) is 6.07 Å². The van der Waals surface area contributed by atoms with Crippen LogP contribution in [0, 0.1) is 0 Å². The monoisotopic (exact) mass is 210 g/mol. The number of anilines is 1. The molecule has 16 heavy (non-hydrogen) atoms. The largest absolute Gasteiger partial charge is 0.399 e. The summed E-state index contributed by atoms with van der Waals surface area (Å²) in [4.78, 5) is 8.25. The van der Waals surface area contributed by atoms with Crippen molar-refractivity contribution in [1.82, 2.24) is 14.5 Å². The van der Waals surface area contributed by atoms with Gasteiger partial charge in [0, 0.05) is 29.2 Å². The SMILES string of the molecule is Nc1cccc(-n2ccc3cncnc32)c1. The Labute approximate surface area is 92.4 Å². The Morgan fingerprint density at radius 1 is 1.19 bits per heavy atom. The van der Waals surface area contributed by atoms with Crippen LogP contribution < -0.4 is 5.73 Å². The Morgan fingerprint density at radius 3 is 3.00 bits per heavy atom. The van der Waals surface area contributed by atoms with E-state index < -0.39 is 0 Å². The van der Waals surface area contributed by atoms with Crippen LogP contribution in [-0.2, 0) is 0 Å². The summed E-state index contributed by atoms with van der Waals surface area (Å²) in [6.07, 6.45) is 5.31. The molecule has 0 spiro atoms. The fourth-order valence-electron chi connectivity index (χ4n) is 1.76. The first kappa shape index (κ1) is 8.91. The van der Waals surface area contributed by atoms with E-state index in [0.29, 0.717) is 0 Å². The van der Waals surface area contributed by atoms with Crippen molar-refractivity contribution in [3.8, 4) is 5.69 Å². The summed E-state index contributed by atoms with van der Waals surface area (Å²) < 4.78 is 1.99. The van der Waals surface area contributed by atoms with Gasteiger partial charge in [-0.05, 0) is 24.3 Å². The number of rotatable bonds is 1. The smallest absolute Gasteiger partial charge is 0.147 e. The van der Waals surface area contributed by atoms with Crippen molar-refractivity contribution in [3.63, 3.8) is 0 Å². The molecular weight excluding hydrogens is 200 g/mol. The fourth-order valence-corrected chi connectivity index (χ4v) is 1.76. The summed E-state index contributed by atoms with van der Waals surface area (Å²) in [7, 11) is 0. The molecule has 0 amide bonds. The maximum atomic E-state index is 5.76. The van der Waals surface area contributed by atoms with Crippen LogP contribution in [0.25, 0.3) is 16.7 Å². The Hall–Kier alpha value is -2.36. The Balaban J connectivity index is 2.26. The van der Waals surface area contributed by atoms with E-state index in [1.165, 1.54) is 0 Å². The third-order valence-electron chi connectivity index (χ3n) is 2.50. The van der Waals surface area contributed by atoms with Crippen molar-refractivity contribution in [2.75, 3.05) is 5.73 Å². The molecule has 0 bridgehead atoms. The number of aromatic nitrogens is 3. The maximum Gasteiger partial charge on any atom is 0.147 e. The number of nitrogens with two attached hydrogens (primary N) is 1. The topological polar surface area (TPSA) is 56.7 Å². The third kappa shape index (κ3) is 1.32. The molecule has 0 aliphatic rings. The maximum absolute atomic E-state index is 5.76. The number of nitrogens with zero attached hydrogens (tertiary/aromatic N) is 3. The lowest BCUT2D eigenvalue weighted by molar-refractivity contribution is 1.08. The molecule has 4 heteroatoms. The van der Waals surface area contributed by atoms with Gasteiger partial charge >= 0.3 is 0 Å². The minimum absolute atomic E-state index is 0.744. The number of nitrogen functional groups attached to an aromatic ring is 1. The van der Waals surface area contributed by atoms with Crippen LogP contribution in [0.15, 0.2) is 49.1 Å². The first-order valence-corrected chi connectivity index (χ1v) is 4.97. The minimum Gasteiger partial charge on any atom is -0.399 e. The molecule has 0 aliphatic heterocycles. The molecule has 3 aromatic rings. The van der Waals surface area contributed by atoms with Gasteiger partial charge < -0.3 is 10.3 Å². The van der Waals surface area contributed by atoms with Crippen molar-refractivity contribution in [2.45, 2.75) is 0 Å². The van der Waals surface area contributed by atoms with E-state index >= 15 is 0 Å². The van der Waals surface area contributed by atoms with Crippen LogP contribution >= 0.6 is 0 Å². The standard InChI is InChI=1S/C12H10N4/c13-10-2-1-3-11(6-10)16-5-4-9-7-14-8-15-12(9)16/h1-8H,13H2. The lowest BCUT2D eigenvalue weighted by Gasteiger charge is -2.04. The molecule has 78 valence electrons. The highest BCUT2D eigenvalue weighted by Crippen LogP contribution is 2.18. The first-order chi connectivity index (χ1) is 7.84. The van der Waals surface area contributed by atoms with Crippen LogP contribution in [0.3, 0.4) is 0 Å². The molecule has 0 fully saturated rings. The van der Waals surface area contributed by atoms with Crippen LogP contribution in [0.2, 0.25) is 0 Å². The predicted octanol–water partition coefficient (Wildman–Crippen LogP) is 2.00. The fraction of sp³-hybridized carbons (Fsp3) is 0. The van der Waals surface area contributed by atoms with Crippen molar-refractivity contribution in [3.05, 3.63) is 49.1 Å². The van der Waals surface area contributed by atoms with E-state index in [2.05, 4.69) is 9.97 Å². The van der Waals surface area contributed by atoms with Gasteiger partial charge in [-0.25, -0.2) is 9.97 Å². The molecule has 2 heterocycles. The molecule has 3 rings (SSSR count). The van der Waals surface area contributed by atoms with Gasteiger partial charge in [0.1, 0.15) is 12.0 Å². The number of fused-ring (bicyclic) bond motifs is 1. The highest BCUT2D eigenvalue weighted by Gasteiger charge is 2.03. The van der Waals surface area contributed by atoms with Crippen molar-refractivity contribution >= 4 is 16.7 Å². The second-order valence-electron chi connectivity index (χ2n) is 3.58. The Bertz CT molecular complexity index is 642. The van der Waals surface area contributed by atoms with Crippen LogP contribution in [0.1, 0.15) is 0 Å². The minimum atomic E-state index is 0.744. The molecule has 1 aromatic carbocycles. The van der Waals surface area contributed by atoms with Crippen molar-refractivity contribution in [2.24, 2.45) is 0 Å². The van der Waals surface area contributed by atoms with Gasteiger partial charge in [0.2, 0.25) is 0 Å².